The number of hydrogen-bond donors (Lipinski definition) is 1. The predicted octanol–water partition coefficient (Wildman–Crippen LogP) is 7.15. The number of fused-ring (bicyclic) bond motifs is 2. The van der Waals surface area contributed by atoms with E-state index in [4.69, 9.17) is 18.9 Å². The molecule has 6 aromatic rings. The fourth-order valence-electron chi connectivity index (χ4n) is 4.90. The van der Waals surface area contributed by atoms with Crippen LogP contribution in [0.4, 0.5) is 9.18 Å². The van der Waals surface area contributed by atoms with Crippen molar-refractivity contribution in [3.63, 3.8) is 0 Å². The summed E-state index contributed by atoms with van der Waals surface area (Å²) in [5.74, 6) is 0.334. The van der Waals surface area contributed by atoms with Gasteiger partial charge in [0.1, 0.15) is 17.6 Å². The third-order valence-corrected chi connectivity index (χ3v) is 7.38. The normalized spacial score (nSPS) is 11.1. The summed E-state index contributed by atoms with van der Waals surface area (Å²) >= 11 is 1.11. The molecular weight excluding hydrogens is 561 g/mol. The molecule has 0 atom stereocenters. The fourth-order valence-corrected chi connectivity index (χ4v) is 5.41. The van der Waals surface area contributed by atoms with Crippen LogP contribution < -0.4 is 18.9 Å². The fraction of sp³-hybridized carbons (Fsp3) is 0.129. The van der Waals surface area contributed by atoms with Gasteiger partial charge in [-0.1, -0.05) is 42.5 Å². The SMILES string of the molecule is COc1ccc(-c2c(OC(=O)O)n(Cc3ccc4nsnc4c3)c3cc(OCc4ccccc4)c(OC)cc23)cc1F. The van der Waals surface area contributed by atoms with Crippen molar-refractivity contribution in [1.29, 1.82) is 0 Å². The molecule has 0 unspecified atom stereocenters. The predicted molar refractivity (Wildman–Crippen MR) is 156 cm³/mol. The molecule has 212 valence electrons. The van der Waals surface area contributed by atoms with Gasteiger partial charge in [0.2, 0.25) is 5.88 Å². The van der Waals surface area contributed by atoms with Gasteiger partial charge in [0.25, 0.3) is 0 Å². The highest BCUT2D eigenvalue weighted by Crippen LogP contribution is 2.46. The average Bonchev–Trinajstić information content (AvgIpc) is 3.57. The summed E-state index contributed by atoms with van der Waals surface area (Å²) in [5, 5.41) is 10.4. The third kappa shape index (κ3) is 5.17. The van der Waals surface area contributed by atoms with Gasteiger partial charge >= 0.3 is 6.16 Å². The molecule has 0 aliphatic heterocycles. The number of halogens is 1. The molecule has 4 aromatic carbocycles. The maximum Gasteiger partial charge on any atom is 0.512 e. The zero-order valence-electron chi connectivity index (χ0n) is 22.5. The summed E-state index contributed by atoms with van der Waals surface area (Å²) in [4.78, 5) is 12.0. The molecule has 2 heterocycles. The molecule has 11 heteroatoms. The Bertz CT molecular complexity index is 1920. The van der Waals surface area contributed by atoms with Crippen molar-refractivity contribution in [2.24, 2.45) is 0 Å². The van der Waals surface area contributed by atoms with E-state index in [9.17, 15) is 14.3 Å². The quantitative estimate of drug-likeness (QED) is 0.178. The van der Waals surface area contributed by atoms with Crippen LogP contribution in [0.5, 0.6) is 23.1 Å². The van der Waals surface area contributed by atoms with Crippen LogP contribution in [-0.2, 0) is 13.2 Å². The highest BCUT2D eigenvalue weighted by molar-refractivity contribution is 7.00. The lowest BCUT2D eigenvalue weighted by atomic mass is 10.0. The molecule has 9 nitrogen and oxygen atoms in total. The number of aromatic nitrogens is 3. The minimum Gasteiger partial charge on any atom is -0.494 e. The van der Waals surface area contributed by atoms with E-state index in [1.807, 2.05) is 48.5 Å². The molecule has 0 radical (unpaired) electrons. The van der Waals surface area contributed by atoms with Gasteiger partial charge in [-0.05, 0) is 47.0 Å². The van der Waals surface area contributed by atoms with E-state index < -0.39 is 12.0 Å². The Morgan fingerprint density at radius 1 is 0.881 bits per heavy atom. The number of ether oxygens (including phenoxy) is 4. The highest BCUT2D eigenvalue weighted by atomic mass is 32.1. The number of methoxy groups -OCH3 is 2. The summed E-state index contributed by atoms with van der Waals surface area (Å²) < 4.78 is 47.6. The molecule has 2 aromatic heterocycles. The van der Waals surface area contributed by atoms with Gasteiger partial charge in [-0.15, -0.1) is 0 Å². The van der Waals surface area contributed by atoms with E-state index >= 15 is 0 Å². The molecule has 6 rings (SSSR count). The van der Waals surface area contributed by atoms with Gasteiger partial charge in [0.15, 0.2) is 23.1 Å². The highest BCUT2D eigenvalue weighted by Gasteiger charge is 2.26. The van der Waals surface area contributed by atoms with E-state index in [2.05, 4.69) is 8.75 Å². The van der Waals surface area contributed by atoms with Gasteiger partial charge in [-0.25, -0.2) is 9.18 Å². The second-order valence-corrected chi connectivity index (χ2v) is 9.89. The molecule has 0 bridgehead atoms. The Kier molecular flexibility index (Phi) is 7.32. The van der Waals surface area contributed by atoms with E-state index in [0.717, 1.165) is 33.9 Å². The van der Waals surface area contributed by atoms with Gasteiger partial charge in [-0.3, -0.25) is 0 Å². The Morgan fingerprint density at radius 3 is 2.40 bits per heavy atom. The van der Waals surface area contributed by atoms with Crippen molar-refractivity contribution in [2.45, 2.75) is 13.2 Å². The first-order chi connectivity index (χ1) is 20.4. The van der Waals surface area contributed by atoms with Crippen LogP contribution in [0.25, 0.3) is 33.1 Å². The van der Waals surface area contributed by atoms with E-state index in [-0.39, 0.29) is 24.8 Å². The second-order valence-electron chi connectivity index (χ2n) is 9.37. The Labute approximate surface area is 243 Å². The first kappa shape index (κ1) is 27.0. The maximum atomic E-state index is 14.9. The first-order valence-corrected chi connectivity index (χ1v) is 13.5. The molecule has 0 saturated heterocycles. The Morgan fingerprint density at radius 2 is 1.67 bits per heavy atom. The van der Waals surface area contributed by atoms with E-state index in [0.29, 0.717) is 33.5 Å². The zero-order chi connectivity index (χ0) is 29.2. The largest absolute Gasteiger partial charge is 0.512 e. The molecule has 0 saturated carbocycles. The van der Waals surface area contributed by atoms with Crippen LogP contribution in [0.15, 0.2) is 78.9 Å². The van der Waals surface area contributed by atoms with Crippen molar-refractivity contribution in [2.75, 3.05) is 14.2 Å². The van der Waals surface area contributed by atoms with Crippen molar-refractivity contribution in [3.8, 4) is 34.3 Å². The smallest absolute Gasteiger partial charge is 0.494 e. The van der Waals surface area contributed by atoms with Crippen LogP contribution in [0.3, 0.4) is 0 Å². The zero-order valence-corrected chi connectivity index (χ0v) is 23.4. The van der Waals surface area contributed by atoms with Crippen LogP contribution in [0.2, 0.25) is 0 Å². The van der Waals surface area contributed by atoms with Crippen LogP contribution >= 0.6 is 11.7 Å². The van der Waals surface area contributed by atoms with E-state index in [1.54, 1.807) is 22.8 Å². The summed E-state index contributed by atoms with van der Waals surface area (Å²) in [7, 11) is 2.89. The second kappa shape index (κ2) is 11.4. The van der Waals surface area contributed by atoms with Gasteiger partial charge in [0, 0.05) is 11.5 Å². The molecule has 0 aliphatic carbocycles. The summed E-state index contributed by atoms with van der Waals surface area (Å²) in [5.41, 5.74) is 4.64. The molecule has 42 heavy (non-hydrogen) atoms. The molecule has 1 N–H and O–H groups in total. The minimum absolute atomic E-state index is 0.0147. The van der Waals surface area contributed by atoms with Crippen LogP contribution in [0, 0.1) is 5.82 Å². The van der Waals surface area contributed by atoms with Gasteiger partial charge in [-0.2, -0.15) is 8.75 Å². The van der Waals surface area contributed by atoms with Crippen LogP contribution in [-0.4, -0.2) is 38.8 Å². The number of benzene rings is 4. The average molecular weight is 586 g/mol. The number of hydrogen-bond acceptors (Lipinski definition) is 8. The standard InChI is InChI=1S/C31H24FN3O6S/c1-38-26-11-9-20(13-22(26)32)29-21-14-27(39-2)28(40-17-18-6-4-3-5-7-18)15-25(21)35(30(29)41-31(36)37)16-19-8-10-23-24(12-19)34-42-33-23/h3-15H,16-17H2,1-2H3,(H,36,37). The Hall–Kier alpha value is -5.16. The summed E-state index contributed by atoms with van der Waals surface area (Å²) in [6.07, 6.45) is -1.51. The molecular formula is C31H24FN3O6S. The third-order valence-electron chi connectivity index (χ3n) is 6.82. The van der Waals surface area contributed by atoms with Crippen molar-refractivity contribution < 1.29 is 33.2 Å². The maximum absolute atomic E-state index is 14.9. The lowest BCUT2D eigenvalue weighted by Gasteiger charge is -2.13. The van der Waals surface area contributed by atoms with Crippen molar-refractivity contribution >= 4 is 39.8 Å². The monoisotopic (exact) mass is 585 g/mol. The Balaban J connectivity index is 1.57. The number of rotatable bonds is 9. The number of nitrogens with zero attached hydrogens (tertiary/aromatic N) is 3. The first-order valence-electron chi connectivity index (χ1n) is 12.8. The minimum atomic E-state index is -1.51. The molecule has 0 aliphatic rings. The van der Waals surface area contributed by atoms with E-state index in [1.165, 1.54) is 26.4 Å². The molecule has 0 fully saturated rings. The lowest BCUT2D eigenvalue weighted by molar-refractivity contribution is 0.141. The van der Waals surface area contributed by atoms with Crippen molar-refractivity contribution in [3.05, 3.63) is 95.8 Å². The molecule has 0 spiro atoms. The molecule has 0 amide bonds. The lowest BCUT2D eigenvalue weighted by Crippen LogP contribution is -2.10. The van der Waals surface area contributed by atoms with Gasteiger partial charge in [0.05, 0.1) is 43.6 Å². The number of carbonyl (C=O) groups is 1. The van der Waals surface area contributed by atoms with Gasteiger partial charge < -0.3 is 28.6 Å². The summed E-state index contributed by atoms with van der Waals surface area (Å²) in [6, 6.07) is 23.2. The topological polar surface area (TPSA) is 105 Å². The number of carboxylic acid groups (broad SMARTS) is 1. The van der Waals surface area contributed by atoms with Crippen LogP contribution in [0.1, 0.15) is 11.1 Å². The summed E-state index contributed by atoms with van der Waals surface area (Å²) in [6.45, 7) is 0.502. The van der Waals surface area contributed by atoms with Crippen molar-refractivity contribution in [1.82, 2.24) is 13.3 Å².